The number of morpholine rings is 1. The third-order valence-electron chi connectivity index (χ3n) is 3.76. The topological polar surface area (TPSA) is 92.8 Å². The monoisotopic (exact) mass is 436 g/mol. The molecule has 142 valence electrons. The molecule has 0 spiro atoms. The van der Waals surface area contributed by atoms with Crippen LogP contribution in [0, 0.1) is 0 Å². The maximum atomic E-state index is 12.6. The molecule has 0 radical (unpaired) electrons. The predicted octanol–water partition coefficient (Wildman–Crippen LogP) is 1.90. The Bertz CT molecular complexity index is 965. The predicted molar refractivity (Wildman–Crippen MR) is 99.4 cm³/mol. The molecule has 0 bridgehead atoms. The number of rotatable bonds is 6. The summed E-state index contributed by atoms with van der Waals surface area (Å²) in [5.74, 6) is 0. The lowest BCUT2D eigenvalue weighted by atomic mass is 10.4. The SMILES string of the molecule is O=S(=O)(NCc1ccc(S(=O)(=O)N2CCOCC2)s1)c1ccc(Cl)cc1. The van der Waals surface area contributed by atoms with Crippen molar-refractivity contribution in [2.45, 2.75) is 15.6 Å². The third-order valence-corrected chi connectivity index (χ3v) is 8.88. The molecule has 11 heteroatoms. The highest BCUT2D eigenvalue weighted by molar-refractivity contribution is 7.91. The molecule has 1 aromatic carbocycles. The molecule has 26 heavy (non-hydrogen) atoms. The van der Waals surface area contributed by atoms with E-state index in [2.05, 4.69) is 4.72 Å². The highest BCUT2D eigenvalue weighted by atomic mass is 35.5. The lowest BCUT2D eigenvalue weighted by molar-refractivity contribution is 0.0731. The van der Waals surface area contributed by atoms with E-state index in [0.29, 0.717) is 36.2 Å². The summed E-state index contributed by atoms with van der Waals surface area (Å²) >= 11 is 6.82. The van der Waals surface area contributed by atoms with Gasteiger partial charge in [0.15, 0.2) is 0 Å². The molecule has 2 aromatic rings. The van der Waals surface area contributed by atoms with Crippen LogP contribution in [0.3, 0.4) is 0 Å². The molecule has 0 unspecified atom stereocenters. The third kappa shape index (κ3) is 4.45. The Kier molecular flexibility index (Phi) is 6.02. The number of nitrogens with zero attached hydrogens (tertiary/aromatic N) is 1. The van der Waals surface area contributed by atoms with Gasteiger partial charge in [-0.05, 0) is 36.4 Å². The Hall–Kier alpha value is -1.01. The van der Waals surface area contributed by atoms with E-state index in [0.717, 1.165) is 11.3 Å². The standard InChI is InChI=1S/C15H17ClN2O5S3/c16-12-1-4-14(5-2-12)25(19,20)17-11-13-3-6-15(24-13)26(21,22)18-7-9-23-10-8-18/h1-6,17H,7-11H2. The van der Waals surface area contributed by atoms with Crippen molar-refractivity contribution in [3.8, 4) is 0 Å². The van der Waals surface area contributed by atoms with Crippen LogP contribution in [-0.2, 0) is 31.3 Å². The molecule has 1 aliphatic heterocycles. The zero-order valence-corrected chi connectivity index (χ0v) is 16.8. The maximum absolute atomic E-state index is 12.6. The van der Waals surface area contributed by atoms with Crippen molar-refractivity contribution >= 4 is 43.0 Å². The van der Waals surface area contributed by atoms with Crippen LogP contribution in [0.25, 0.3) is 0 Å². The number of ether oxygens (including phenoxy) is 1. The van der Waals surface area contributed by atoms with Gasteiger partial charge in [0.25, 0.3) is 10.0 Å². The quantitative estimate of drug-likeness (QED) is 0.746. The fourth-order valence-corrected chi connectivity index (χ4v) is 6.45. The minimum absolute atomic E-state index is 0.00819. The molecule has 1 aliphatic rings. The number of hydrogen-bond donors (Lipinski definition) is 1. The first-order valence-electron chi connectivity index (χ1n) is 7.71. The lowest BCUT2D eigenvalue weighted by Crippen LogP contribution is -2.40. The molecule has 0 atom stereocenters. The van der Waals surface area contributed by atoms with Crippen molar-refractivity contribution in [2.24, 2.45) is 0 Å². The number of halogens is 1. The van der Waals surface area contributed by atoms with Crippen LogP contribution in [0.1, 0.15) is 4.88 Å². The second kappa shape index (κ2) is 7.93. The van der Waals surface area contributed by atoms with E-state index in [1.165, 1.54) is 34.6 Å². The van der Waals surface area contributed by atoms with E-state index in [4.69, 9.17) is 16.3 Å². The highest BCUT2D eigenvalue weighted by Crippen LogP contribution is 2.26. The van der Waals surface area contributed by atoms with Crippen molar-refractivity contribution < 1.29 is 21.6 Å². The molecule has 1 fully saturated rings. The van der Waals surface area contributed by atoms with E-state index in [1.54, 1.807) is 6.07 Å². The van der Waals surface area contributed by atoms with Crippen molar-refractivity contribution in [1.29, 1.82) is 0 Å². The Morgan fingerprint density at radius 3 is 2.35 bits per heavy atom. The summed E-state index contributed by atoms with van der Waals surface area (Å²) < 4.78 is 58.9. The molecular weight excluding hydrogens is 420 g/mol. The van der Waals surface area contributed by atoms with Gasteiger partial charge < -0.3 is 4.74 Å². The van der Waals surface area contributed by atoms with E-state index < -0.39 is 20.0 Å². The van der Waals surface area contributed by atoms with Crippen LogP contribution >= 0.6 is 22.9 Å². The Morgan fingerprint density at radius 1 is 1.04 bits per heavy atom. The number of thiophene rings is 1. The average molecular weight is 437 g/mol. The van der Waals surface area contributed by atoms with Gasteiger partial charge in [0.05, 0.1) is 18.1 Å². The van der Waals surface area contributed by atoms with Crippen LogP contribution in [0.4, 0.5) is 0 Å². The Labute approximate surface area is 161 Å². The molecule has 7 nitrogen and oxygen atoms in total. The fraction of sp³-hybridized carbons (Fsp3) is 0.333. The minimum Gasteiger partial charge on any atom is -0.379 e. The molecule has 1 N–H and O–H groups in total. The number of sulfonamides is 2. The summed E-state index contributed by atoms with van der Waals surface area (Å²) in [4.78, 5) is 0.703. The largest absolute Gasteiger partial charge is 0.379 e. The van der Waals surface area contributed by atoms with Gasteiger partial charge in [0.1, 0.15) is 4.21 Å². The van der Waals surface area contributed by atoms with E-state index in [1.807, 2.05) is 0 Å². The van der Waals surface area contributed by atoms with Gasteiger partial charge in [0.2, 0.25) is 10.0 Å². The number of nitrogens with one attached hydrogen (secondary N) is 1. The van der Waals surface area contributed by atoms with Gasteiger partial charge in [-0.3, -0.25) is 0 Å². The summed E-state index contributed by atoms with van der Waals surface area (Å²) in [5.41, 5.74) is 0. The van der Waals surface area contributed by atoms with Crippen molar-refractivity contribution in [2.75, 3.05) is 26.3 Å². The van der Waals surface area contributed by atoms with Gasteiger partial charge in [0, 0.05) is 29.5 Å². The molecule has 0 aliphatic carbocycles. The van der Waals surface area contributed by atoms with Crippen LogP contribution in [0.2, 0.25) is 5.02 Å². The van der Waals surface area contributed by atoms with Crippen LogP contribution in [-0.4, -0.2) is 47.4 Å². The first-order valence-corrected chi connectivity index (χ1v) is 11.8. The molecular formula is C15H17ClN2O5S3. The van der Waals surface area contributed by atoms with Gasteiger partial charge in [-0.25, -0.2) is 21.6 Å². The number of benzene rings is 1. The van der Waals surface area contributed by atoms with Crippen molar-refractivity contribution in [3.63, 3.8) is 0 Å². The van der Waals surface area contributed by atoms with Crippen LogP contribution in [0.5, 0.6) is 0 Å². The van der Waals surface area contributed by atoms with Crippen LogP contribution in [0.15, 0.2) is 45.5 Å². The van der Waals surface area contributed by atoms with Gasteiger partial charge in [-0.1, -0.05) is 11.6 Å². The highest BCUT2D eigenvalue weighted by Gasteiger charge is 2.27. The van der Waals surface area contributed by atoms with Crippen molar-refractivity contribution in [3.05, 3.63) is 46.3 Å². The number of hydrogen-bond acceptors (Lipinski definition) is 6. The summed E-state index contributed by atoms with van der Waals surface area (Å²) in [5, 5.41) is 0.445. The van der Waals surface area contributed by atoms with E-state index in [9.17, 15) is 16.8 Å². The fourth-order valence-electron chi connectivity index (χ4n) is 2.37. The molecule has 3 rings (SSSR count). The molecule has 0 amide bonds. The van der Waals surface area contributed by atoms with Crippen molar-refractivity contribution in [1.82, 2.24) is 9.03 Å². The first-order chi connectivity index (χ1) is 12.3. The smallest absolute Gasteiger partial charge is 0.252 e. The van der Waals surface area contributed by atoms with Crippen LogP contribution < -0.4 is 4.72 Å². The second-order valence-corrected chi connectivity index (χ2v) is 11.1. The van der Waals surface area contributed by atoms with Gasteiger partial charge in [-0.15, -0.1) is 11.3 Å². The Morgan fingerprint density at radius 2 is 1.69 bits per heavy atom. The molecule has 1 aromatic heterocycles. The molecule has 2 heterocycles. The van der Waals surface area contributed by atoms with E-state index in [-0.39, 0.29) is 15.6 Å². The van der Waals surface area contributed by atoms with Gasteiger partial charge >= 0.3 is 0 Å². The zero-order chi connectivity index (χ0) is 18.8. The Balaban J connectivity index is 1.69. The normalized spacial score (nSPS) is 16.7. The molecule has 0 saturated carbocycles. The first kappa shape index (κ1) is 19.7. The lowest BCUT2D eigenvalue weighted by Gasteiger charge is -2.25. The zero-order valence-electron chi connectivity index (χ0n) is 13.6. The maximum Gasteiger partial charge on any atom is 0.252 e. The minimum atomic E-state index is -3.70. The van der Waals surface area contributed by atoms with Gasteiger partial charge in [-0.2, -0.15) is 4.31 Å². The van der Waals surface area contributed by atoms with E-state index >= 15 is 0 Å². The summed E-state index contributed by atoms with van der Waals surface area (Å²) in [6.07, 6.45) is 0. The average Bonchev–Trinajstić information content (AvgIpc) is 3.11. The summed E-state index contributed by atoms with van der Waals surface area (Å²) in [6, 6.07) is 8.92. The summed E-state index contributed by atoms with van der Waals surface area (Å²) in [6.45, 7) is 1.39. The second-order valence-electron chi connectivity index (χ2n) is 5.52. The molecule has 1 saturated heterocycles. The summed E-state index contributed by atoms with van der Waals surface area (Å²) in [7, 11) is -7.27.